The zero-order valence-corrected chi connectivity index (χ0v) is 18.9. The van der Waals surface area contributed by atoms with Crippen molar-refractivity contribution in [2.75, 3.05) is 25.4 Å². The Morgan fingerprint density at radius 3 is 2.46 bits per heavy atom. The van der Waals surface area contributed by atoms with E-state index in [0.717, 1.165) is 31.4 Å². The molecule has 2 aliphatic rings. The fourth-order valence-corrected chi connectivity index (χ4v) is 4.76. The van der Waals surface area contributed by atoms with E-state index in [-0.39, 0.29) is 6.04 Å². The summed E-state index contributed by atoms with van der Waals surface area (Å²) in [6.45, 7) is 0.986. The van der Waals surface area contributed by atoms with E-state index in [9.17, 15) is 27.2 Å². The summed E-state index contributed by atoms with van der Waals surface area (Å²) in [6.07, 6.45) is -0.666. The number of nitrogens with zero attached hydrogens (tertiary/aromatic N) is 2. The summed E-state index contributed by atoms with van der Waals surface area (Å²) in [5.74, 6) is -1.65. The monoisotopic (exact) mass is 493 g/mol. The number of likely N-dealkylation sites (tertiary alicyclic amines) is 1. The Labute approximate surface area is 200 Å². The molecule has 0 spiro atoms. The molecule has 4 rings (SSSR count). The molecule has 7 nitrogen and oxygen atoms in total. The SMILES string of the molecule is Nc1cccc(C2CCC(N3CC(NC(=O)CNC(=O)c4cc(F)cc(C(F)(F)F)c4)C3)CC2)n1. The summed E-state index contributed by atoms with van der Waals surface area (Å²) in [5, 5.41) is 5.05. The van der Waals surface area contributed by atoms with Gasteiger partial charge in [0, 0.05) is 36.3 Å². The van der Waals surface area contributed by atoms with E-state index in [2.05, 4.69) is 20.5 Å². The van der Waals surface area contributed by atoms with Crippen molar-refractivity contribution in [2.45, 2.75) is 49.9 Å². The predicted molar refractivity (Wildman–Crippen MR) is 121 cm³/mol. The Morgan fingerprint density at radius 1 is 1.09 bits per heavy atom. The molecule has 4 N–H and O–H groups in total. The van der Waals surface area contributed by atoms with Gasteiger partial charge in [-0.05, 0) is 56.0 Å². The van der Waals surface area contributed by atoms with Crippen molar-refractivity contribution in [3.63, 3.8) is 0 Å². The Morgan fingerprint density at radius 2 is 1.80 bits per heavy atom. The standard InChI is InChI=1S/C24H27F4N5O2/c25-17-9-15(8-16(10-17)24(26,27)28)23(35)30-11-22(34)31-18-12-33(13-18)19-6-4-14(5-7-19)20-2-1-3-21(29)32-20/h1-3,8-10,14,18-19H,4-7,11-13H2,(H2,29,32)(H,30,35)(H,31,34). The molecule has 0 atom stereocenters. The third-order valence-corrected chi connectivity index (χ3v) is 6.60. The average molecular weight is 494 g/mol. The lowest BCUT2D eigenvalue weighted by molar-refractivity contribution is -0.137. The van der Waals surface area contributed by atoms with Gasteiger partial charge in [0.2, 0.25) is 5.91 Å². The van der Waals surface area contributed by atoms with Gasteiger partial charge in [-0.15, -0.1) is 0 Å². The van der Waals surface area contributed by atoms with Gasteiger partial charge in [-0.3, -0.25) is 14.5 Å². The van der Waals surface area contributed by atoms with Crippen molar-refractivity contribution >= 4 is 17.6 Å². The number of amides is 2. The number of hydrogen-bond acceptors (Lipinski definition) is 5. The van der Waals surface area contributed by atoms with Crippen molar-refractivity contribution in [2.24, 2.45) is 0 Å². The van der Waals surface area contributed by atoms with Crippen LogP contribution in [-0.2, 0) is 11.0 Å². The average Bonchev–Trinajstić information content (AvgIpc) is 2.79. The number of benzene rings is 1. The number of carbonyl (C=O) groups excluding carboxylic acids is 2. The van der Waals surface area contributed by atoms with Crippen molar-refractivity contribution in [1.82, 2.24) is 20.5 Å². The van der Waals surface area contributed by atoms with Gasteiger partial charge in [-0.25, -0.2) is 9.37 Å². The van der Waals surface area contributed by atoms with Crippen molar-refractivity contribution in [1.29, 1.82) is 0 Å². The molecule has 2 heterocycles. The zero-order valence-electron chi connectivity index (χ0n) is 18.9. The molecule has 1 aliphatic heterocycles. The van der Waals surface area contributed by atoms with Gasteiger partial charge < -0.3 is 16.4 Å². The summed E-state index contributed by atoms with van der Waals surface area (Å²) in [6, 6.07) is 7.66. The van der Waals surface area contributed by atoms with Crippen LogP contribution < -0.4 is 16.4 Å². The second kappa shape index (κ2) is 10.2. The first kappa shape index (κ1) is 24.9. The maximum Gasteiger partial charge on any atom is 0.416 e. The molecule has 0 radical (unpaired) electrons. The van der Waals surface area contributed by atoms with Crippen LogP contribution in [0.2, 0.25) is 0 Å². The fourth-order valence-electron chi connectivity index (χ4n) is 4.76. The molecule has 35 heavy (non-hydrogen) atoms. The van der Waals surface area contributed by atoms with Crippen LogP contribution >= 0.6 is 0 Å². The first-order chi connectivity index (χ1) is 16.6. The highest BCUT2D eigenvalue weighted by Gasteiger charge is 2.36. The Kier molecular flexibility index (Phi) is 7.25. The molecule has 0 bridgehead atoms. The van der Waals surface area contributed by atoms with Gasteiger partial charge in [-0.2, -0.15) is 13.2 Å². The lowest BCUT2D eigenvalue weighted by Gasteiger charge is -2.46. The Hall–Kier alpha value is -3.21. The van der Waals surface area contributed by atoms with Crippen LogP contribution in [0.25, 0.3) is 0 Å². The highest BCUT2D eigenvalue weighted by atomic mass is 19.4. The number of hydrogen-bond donors (Lipinski definition) is 3. The van der Waals surface area contributed by atoms with Gasteiger partial charge in [0.15, 0.2) is 0 Å². The van der Waals surface area contributed by atoms with Crippen LogP contribution in [0, 0.1) is 5.82 Å². The van der Waals surface area contributed by atoms with E-state index in [1.54, 1.807) is 6.07 Å². The molecule has 1 aliphatic carbocycles. The quantitative estimate of drug-likeness (QED) is 0.537. The molecule has 1 aromatic heterocycles. The van der Waals surface area contributed by atoms with Crippen molar-refractivity contribution in [3.05, 3.63) is 59.0 Å². The minimum Gasteiger partial charge on any atom is -0.384 e. The molecule has 0 unspecified atom stereocenters. The fraction of sp³-hybridized carbons (Fsp3) is 0.458. The predicted octanol–water partition coefficient (Wildman–Crippen LogP) is 3.08. The van der Waals surface area contributed by atoms with Gasteiger partial charge in [0.05, 0.1) is 18.2 Å². The number of carbonyl (C=O) groups is 2. The number of anilines is 1. The summed E-state index contributed by atoms with van der Waals surface area (Å²) < 4.78 is 51.9. The topological polar surface area (TPSA) is 100 Å². The molecule has 2 aromatic rings. The van der Waals surface area contributed by atoms with Crippen LogP contribution in [0.3, 0.4) is 0 Å². The van der Waals surface area contributed by atoms with Crippen LogP contribution in [0.15, 0.2) is 36.4 Å². The molecular formula is C24H27F4N5O2. The third-order valence-electron chi connectivity index (χ3n) is 6.60. The number of nitrogens with two attached hydrogens (primary N) is 1. The molecule has 2 fully saturated rings. The first-order valence-electron chi connectivity index (χ1n) is 11.5. The van der Waals surface area contributed by atoms with Crippen LogP contribution in [0.1, 0.15) is 53.2 Å². The van der Waals surface area contributed by atoms with E-state index < -0.39 is 41.5 Å². The van der Waals surface area contributed by atoms with Crippen molar-refractivity contribution in [3.8, 4) is 0 Å². The molecular weight excluding hydrogens is 466 g/mol. The largest absolute Gasteiger partial charge is 0.416 e. The second-order valence-corrected chi connectivity index (χ2v) is 9.12. The normalized spacial score (nSPS) is 21.3. The minimum atomic E-state index is -4.78. The van der Waals surface area contributed by atoms with Crippen molar-refractivity contribution < 1.29 is 27.2 Å². The minimum absolute atomic E-state index is 0.0567. The highest BCUT2D eigenvalue weighted by Crippen LogP contribution is 2.35. The Balaban J connectivity index is 1.18. The molecule has 1 saturated heterocycles. The van der Waals surface area contributed by atoms with E-state index in [1.165, 1.54) is 0 Å². The van der Waals surface area contributed by atoms with Gasteiger partial charge in [0.25, 0.3) is 5.91 Å². The molecule has 188 valence electrons. The van der Waals surface area contributed by atoms with Crippen LogP contribution in [0.4, 0.5) is 23.4 Å². The van der Waals surface area contributed by atoms with Gasteiger partial charge in [-0.1, -0.05) is 6.07 Å². The first-order valence-corrected chi connectivity index (χ1v) is 11.5. The molecule has 1 saturated carbocycles. The van der Waals surface area contributed by atoms with Crippen LogP contribution in [-0.4, -0.2) is 53.4 Å². The zero-order chi connectivity index (χ0) is 25.2. The number of alkyl halides is 3. The molecule has 2 amide bonds. The summed E-state index contributed by atoms with van der Waals surface area (Å²) in [4.78, 5) is 31.0. The summed E-state index contributed by atoms with van der Waals surface area (Å²) in [5.41, 5.74) is 5.06. The van der Waals surface area contributed by atoms with E-state index in [0.29, 0.717) is 49.1 Å². The maximum atomic E-state index is 13.5. The number of halogens is 4. The van der Waals surface area contributed by atoms with E-state index in [1.807, 2.05) is 12.1 Å². The highest BCUT2D eigenvalue weighted by molar-refractivity contribution is 5.96. The van der Waals surface area contributed by atoms with E-state index >= 15 is 0 Å². The lowest BCUT2D eigenvalue weighted by Crippen LogP contribution is -2.63. The van der Waals surface area contributed by atoms with Crippen LogP contribution in [0.5, 0.6) is 0 Å². The number of rotatable bonds is 6. The smallest absolute Gasteiger partial charge is 0.384 e. The number of pyridine rings is 1. The summed E-state index contributed by atoms with van der Waals surface area (Å²) in [7, 11) is 0. The maximum absolute atomic E-state index is 13.5. The number of nitrogens with one attached hydrogen (secondary N) is 2. The van der Waals surface area contributed by atoms with Gasteiger partial charge in [0.1, 0.15) is 11.6 Å². The number of aromatic nitrogens is 1. The lowest BCUT2D eigenvalue weighted by atomic mass is 9.82. The third kappa shape index (κ3) is 6.27. The summed E-state index contributed by atoms with van der Waals surface area (Å²) >= 11 is 0. The second-order valence-electron chi connectivity index (χ2n) is 9.12. The molecule has 11 heteroatoms. The Bertz CT molecular complexity index is 1080. The molecule has 1 aromatic carbocycles. The van der Waals surface area contributed by atoms with Gasteiger partial charge >= 0.3 is 6.18 Å². The van der Waals surface area contributed by atoms with E-state index in [4.69, 9.17) is 5.73 Å². The number of nitrogen functional groups attached to an aromatic ring is 1.